The van der Waals surface area contributed by atoms with Crippen molar-refractivity contribution in [2.45, 2.75) is 50.9 Å². The van der Waals surface area contributed by atoms with Crippen LogP contribution in [0.4, 0.5) is 0 Å². The van der Waals surface area contributed by atoms with Crippen LogP contribution in [0.2, 0.25) is 0 Å². The second-order valence-electron chi connectivity index (χ2n) is 6.42. The second kappa shape index (κ2) is 9.76. The summed E-state index contributed by atoms with van der Waals surface area (Å²) in [5, 5.41) is 6.26. The molecule has 8 heteroatoms. The summed E-state index contributed by atoms with van der Waals surface area (Å²) < 4.78 is 11.6. The predicted octanol–water partition coefficient (Wildman–Crippen LogP) is 0.728. The fourth-order valence-corrected chi connectivity index (χ4v) is 3.06. The number of carbonyl (C=O) groups excluding carboxylic acids is 1. The number of hydrogen-bond donors (Lipinski definition) is 2. The van der Waals surface area contributed by atoms with E-state index in [0.29, 0.717) is 12.6 Å². The fraction of sp³-hybridized carbons (Fsp3) is 0.875. The van der Waals surface area contributed by atoms with Crippen molar-refractivity contribution in [1.82, 2.24) is 15.5 Å². The third kappa shape index (κ3) is 5.73. The Morgan fingerprint density at radius 3 is 2.67 bits per heavy atom. The lowest BCUT2D eigenvalue weighted by molar-refractivity contribution is -0.119. The van der Waals surface area contributed by atoms with Gasteiger partial charge < -0.3 is 25.0 Å². The molecule has 2 N–H and O–H groups in total. The third-order valence-electron chi connectivity index (χ3n) is 4.42. The summed E-state index contributed by atoms with van der Waals surface area (Å²) in [5.74, 6) is 0.802. The molecule has 0 bridgehead atoms. The van der Waals surface area contributed by atoms with Crippen molar-refractivity contribution in [3.8, 4) is 0 Å². The zero-order chi connectivity index (χ0) is 16.1. The van der Waals surface area contributed by atoms with E-state index in [4.69, 9.17) is 9.47 Å². The highest BCUT2D eigenvalue weighted by Crippen LogP contribution is 2.21. The Bertz CT molecular complexity index is 439. The maximum Gasteiger partial charge on any atom is 0.242 e. The first-order valence-corrected chi connectivity index (χ1v) is 8.82. The SMILES string of the molecule is CCNC(=NCC(=O)NC1CC1)N1CCOC(C2CCCO2)C1.I. The largest absolute Gasteiger partial charge is 0.375 e. The molecule has 0 aromatic heterocycles. The molecule has 1 saturated carbocycles. The van der Waals surface area contributed by atoms with E-state index in [1.54, 1.807) is 0 Å². The summed E-state index contributed by atoms with van der Waals surface area (Å²) in [4.78, 5) is 18.5. The molecular formula is C16H29IN4O3. The van der Waals surface area contributed by atoms with Crippen molar-refractivity contribution in [3.05, 3.63) is 0 Å². The summed E-state index contributed by atoms with van der Waals surface area (Å²) >= 11 is 0. The first kappa shape index (κ1) is 19.7. The first-order valence-electron chi connectivity index (χ1n) is 8.82. The van der Waals surface area contributed by atoms with Crippen LogP contribution in [0, 0.1) is 0 Å². The van der Waals surface area contributed by atoms with Crippen LogP contribution in [0.15, 0.2) is 4.99 Å². The molecule has 24 heavy (non-hydrogen) atoms. The van der Waals surface area contributed by atoms with Crippen LogP contribution in [-0.2, 0) is 14.3 Å². The van der Waals surface area contributed by atoms with Crippen molar-refractivity contribution >= 4 is 35.8 Å². The number of nitrogens with zero attached hydrogens (tertiary/aromatic N) is 2. The average Bonchev–Trinajstić information content (AvgIpc) is 3.20. The van der Waals surface area contributed by atoms with E-state index < -0.39 is 0 Å². The number of morpholine rings is 1. The van der Waals surface area contributed by atoms with Gasteiger partial charge >= 0.3 is 0 Å². The van der Waals surface area contributed by atoms with Crippen LogP contribution < -0.4 is 10.6 Å². The van der Waals surface area contributed by atoms with Crippen LogP contribution in [0.5, 0.6) is 0 Å². The number of ether oxygens (including phenoxy) is 2. The normalized spacial score (nSPS) is 27.5. The Morgan fingerprint density at radius 2 is 2.00 bits per heavy atom. The number of nitrogens with one attached hydrogen (secondary N) is 2. The summed E-state index contributed by atoms with van der Waals surface area (Å²) in [6.07, 6.45) is 4.66. The van der Waals surface area contributed by atoms with Gasteiger partial charge in [0.25, 0.3) is 0 Å². The lowest BCUT2D eigenvalue weighted by Gasteiger charge is -2.37. The smallest absolute Gasteiger partial charge is 0.242 e. The highest BCUT2D eigenvalue weighted by Gasteiger charge is 2.32. The highest BCUT2D eigenvalue weighted by atomic mass is 127. The lowest BCUT2D eigenvalue weighted by Crippen LogP contribution is -2.53. The van der Waals surface area contributed by atoms with Crippen LogP contribution in [0.25, 0.3) is 0 Å². The van der Waals surface area contributed by atoms with Crippen LogP contribution >= 0.6 is 24.0 Å². The number of amides is 1. The lowest BCUT2D eigenvalue weighted by atomic mass is 10.1. The average molecular weight is 452 g/mol. The Kier molecular flexibility index (Phi) is 8.02. The molecule has 2 saturated heterocycles. The van der Waals surface area contributed by atoms with Crippen molar-refractivity contribution in [1.29, 1.82) is 0 Å². The van der Waals surface area contributed by atoms with Gasteiger partial charge in [-0.05, 0) is 32.6 Å². The van der Waals surface area contributed by atoms with Gasteiger partial charge in [0, 0.05) is 32.3 Å². The Hall–Kier alpha value is -0.610. The van der Waals surface area contributed by atoms with Crippen LogP contribution in [0.1, 0.15) is 32.6 Å². The van der Waals surface area contributed by atoms with Crippen molar-refractivity contribution in [2.24, 2.45) is 4.99 Å². The molecule has 0 aromatic carbocycles. The van der Waals surface area contributed by atoms with Crippen molar-refractivity contribution < 1.29 is 14.3 Å². The Labute approximate surface area is 160 Å². The van der Waals surface area contributed by atoms with Gasteiger partial charge in [-0.1, -0.05) is 0 Å². The van der Waals surface area contributed by atoms with Gasteiger partial charge in [-0.3, -0.25) is 4.79 Å². The number of carbonyl (C=O) groups is 1. The topological polar surface area (TPSA) is 75.2 Å². The van der Waals surface area contributed by atoms with Gasteiger partial charge in [-0.15, -0.1) is 24.0 Å². The molecule has 0 spiro atoms. The number of aliphatic imine (C=N–C) groups is 1. The monoisotopic (exact) mass is 452 g/mol. The molecule has 7 nitrogen and oxygen atoms in total. The quantitative estimate of drug-likeness (QED) is 0.366. The zero-order valence-electron chi connectivity index (χ0n) is 14.3. The number of guanidine groups is 1. The zero-order valence-corrected chi connectivity index (χ0v) is 16.7. The third-order valence-corrected chi connectivity index (χ3v) is 4.42. The number of hydrogen-bond acceptors (Lipinski definition) is 4. The van der Waals surface area contributed by atoms with E-state index in [9.17, 15) is 4.79 Å². The standard InChI is InChI=1S/C16H28N4O3.HI/c1-2-17-16(18-10-15(21)19-12-5-6-12)20-7-9-23-14(11-20)13-4-3-8-22-13;/h12-14H,2-11H2,1H3,(H,17,18)(H,19,21);1H. The molecule has 2 unspecified atom stereocenters. The van der Waals surface area contributed by atoms with Gasteiger partial charge in [-0.2, -0.15) is 0 Å². The summed E-state index contributed by atoms with van der Waals surface area (Å²) in [6.45, 7) is 6.06. The molecular weight excluding hydrogens is 423 g/mol. The molecule has 138 valence electrons. The summed E-state index contributed by atoms with van der Waals surface area (Å²) in [5.41, 5.74) is 0. The fourth-order valence-electron chi connectivity index (χ4n) is 3.06. The molecule has 2 heterocycles. The van der Waals surface area contributed by atoms with E-state index in [2.05, 4.69) is 20.5 Å². The summed E-state index contributed by atoms with van der Waals surface area (Å²) in [7, 11) is 0. The van der Waals surface area contributed by atoms with E-state index in [1.165, 1.54) is 0 Å². The minimum Gasteiger partial charge on any atom is -0.375 e. The van der Waals surface area contributed by atoms with E-state index in [0.717, 1.165) is 57.9 Å². The van der Waals surface area contributed by atoms with Gasteiger partial charge in [0.2, 0.25) is 5.91 Å². The summed E-state index contributed by atoms with van der Waals surface area (Å²) in [6, 6.07) is 0.382. The number of halogens is 1. The van der Waals surface area contributed by atoms with Gasteiger partial charge in [0.05, 0.1) is 12.7 Å². The van der Waals surface area contributed by atoms with Gasteiger partial charge in [-0.25, -0.2) is 4.99 Å². The predicted molar refractivity (Wildman–Crippen MR) is 103 cm³/mol. The van der Waals surface area contributed by atoms with Crippen molar-refractivity contribution in [2.75, 3.05) is 39.4 Å². The second-order valence-corrected chi connectivity index (χ2v) is 6.42. The first-order chi connectivity index (χ1) is 11.3. The maximum absolute atomic E-state index is 11.8. The van der Waals surface area contributed by atoms with Gasteiger partial charge in [0.1, 0.15) is 12.6 Å². The Morgan fingerprint density at radius 1 is 1.21 bits per heavy atom. The molecule has 3 aliphatic rings. The van der Waals surface area contributed by atoms with Gasteiger partial charge in [0.15, 0.2) is 5.96 Å². The highest BCUT2D eigenvalue weighted by molar-refractivity contribution is 14.0. The minimum atomic E-state index is 0. The van der Waals surface area contributed by atoms with Crippen LogP contribution in [0.3, 0.4) is 0 Å². The minimum absolute atomic E-state index is 0. The molecule has 1 aliphatic carbocycles. The van der Waals surface area contributed by atoms with E-state index in [1.807, 2.05) is 6.92 Å². The molecule has 3 fully saturated rings. The molecule has 0 aromatic rings. The maximum atomic E-state index is 11.8. The molecule has 1 amide bonds. The molecule has 2 atom stereocenters. The molecule has 3 rings (SSSR count). The molecule has 2 aliphatic heterocycles. The molecule has 0 radical (unpaired) electrons. The van der Waals surface area contributed by atoms with E-state index >= 15 is 0 Å². The Balaban J connectivity index is 0.00000208. The van der Waals surface area contributed by atoms with E-state index in [-0.39, 0.29) is 48.6 Å². The van der Waals surface area contributed by atoms with Crippen LogP contribution in [-0.4, -0.2) is 74.4 Å². The van der Waals surface area contributed by atoms with Crippen molar-refractivity contribution in [3.63, 3.8) is 0 Å². The number of rotatable bonds is 5.